The number of piperidine rings is 1. The van der Waals surface area contributed by atoms with Crippen LogP contribution in [0.4, 0.5) is 8.78 Å². The van der Waals surface area contributed by atoms with E-state index in [2.05, 4.69) is 5.32 Å². The third kappa shape index (κ3) is 4.24. The van der Waals surface area contributed by atoms with Crippen LogP contribution in [0.2, 0.25) is 0 Å². The number of carbonyl (C=O) groups is 1. The van der Waals surface area contributed by atoms with E-state index in [1.54, 1.807) is 4.90 Å². The Morgan fingerprint density at radius 2 is 2.00 bits per heavy atom. The zero-order chi connectivity index (χ0) is 15.2. The van der Waals surface area contributed by atoms with Crippen LogP contribution < -0.4 is 5.32 Å². The summed E-state index contributed by atoms with van der Waals surface area (Å²) in [6.45, 7) is 5.29. The summed E-state index contributed by atoms with van der Waals surface area (Å²) in [6.07, 6.45) is 2.94. The minimum Gasteiger partial charge on any atom is -0.338 e. The molecule has 0 aromatic heterocycles. The molecule has 116 valence electrons. The second-order valence-electron chi connectivity index (χ2n) is 5.57. The zero-order valence-corrected chi connectivity index (χ0v) is 12.4. The van der Waals surface area contributed by atoms with E-state index < -0.39 is 11.6 Å². The highest BCUT2D eigenvalue weighted by atomic mass is 19.2. The summed E-state index contributed by atoms with van der Waals surface area (Å²) in [7, 11) is 0. The van der Waals surface area contributed by atoms with E-state index in [0.717, 1.165) is 44.5 Å². The maximum absolute atomic E-state index is 13.3. The molecule has 1 aliphatic rings. The van der Waals surface area contributed by atoms with Crippen LogP contribution >= 0.6 is 0 Å². The molecule has 3 nitrogen and oxygen atoms in total. The van der Waals surface area contributed by atoms with Crippen LogP contribution in [0, 0.1) is 17.6 Å². The molecule has 1 aromatic rings. The Labute approximate surface area is 124 Å². The molecule has 5 heteroatoms. The summed E-state index contributed by atoms with van der Waals surface area (Å²) >= 11 is 0. The van der Waals surface area contributed by atoms with Crippen LogP contribution in [0.5, 0.6) is 0 Å². The molecule has 1 aromatic carbocycles. The second-order valence-corrected chi connectivity index (χ2v) is 5.57. The zero-order valence-electron chi connectivity index (χ0n) is 12.4. The van der Waals surface area contributed by atoms with Crippen LogP contribution in [0.15, 0.2) is 18.2 Å². The standard InChI is InChI=1S/C16H22F2N2O/c1-2-9-20(11-12-5-7-19-8-6-12)16(21)13-3-4-14(17)15(18)10-13/h3-4,10,12,19H,2,5-9,11H2,1H3. The molecule has 0 unspecified atom stereocenters. The highest BCUT2D eigenvalue weighted by Gasteiger charge is 2.22. The van der Waals surface area contributed by atoms with Gasteiger partial charge in [-0.3, -0.25) is 4.79 Å². The first-order chi connectivity index (χ1) is 10.1. The van der Waals surface area contributed by atoms with Crippen LogP contribution in [0.25, 0.3) is 0 Å². The number of hydrogen-bond donors (Lipinski definition) is 1. The maximum Gasteiger partial charge on any atom is 0.253 e. The predicted octanol–water partition coefficient (Wildman–Crippen LogP) is 2.82. The lowest BCUT2D eigenvalue weighted by Gasteiger charge is -2.30. The van der Waals surface area contributed by atoms with Crippen molar-refractivity contribution < 1.29 is 13.6 Å². The minimum atomic E-state index is -0.973. The molecule has 0 radical (unpaired) electrons. The van der Waals surface area contributed by atoms with Gasteiger partial charge in [0.1, 0.15) is 0 Å². The average Bonchev–Trinajstić information content (AvgIpc) is 2.50. The molecule has 1 amide bonds. The molecule has 2 rings (SSSR count). The molecule has 0 saturated carbocycles. The molecule has 1 fully saturated rings. The topological polar surface area (TPSA) is 32.3 Å². The number of rotatable bonds is 5. The Kier molecular flexibility index (Phi) is 5.67. The summed E-state index contributed by atoms with van der Waals surface area (Å²) in [4.78, 5) is 14.3. The Morgan fingerprint density at radius 1 is 1.29 bits per heavy atom. The van der Waals surface area contributed by atoms with E-state index in [1.807, 2.05) is 6.92 Å². The fourth-order valence-electron chi connectivity index (χ4n) is 2.73. The van der Waals surface area contributed by atoms with E-state index in [4.69, 9.17) is 0 Å². The summed E-state index contributed by atoms with van der Waals surface area (Å²) < 4.78 is 26.3. The van der Waals surface area contributed by atoms with Crippen molar-refractivity contribution in [2.75, 3.05) is 26.2 Å². The fourth-order valence-corrected chi connectivity index (χ4v) is 2.73. The highest BCUT2D eigenvalue weighted by molar-refractivity contribution is 5.94. The molecule has 1 heterocycles. The van der Waals surface area contributed by atoms with Crippen molar-refractivity contribution >= 4 is 5.91 Å². The first kappa shape index (κ1) is 15.9. The Morgan fingerprint density at radius 3 is 2.62 bits per heavy atom. The number of hydrogen-bond acceptors (Lipinski definition) is 2. The summed E-state index contributed by atoms with van der Waals surface area (Å²) in [5, 5.41) is 3.30. The lowest BCUT2D eigenvalue weighted by atomic mass is 9.97. The van der Waals surface area contributed by atoms with E-state index in [-0.39, 0.29) is 11.5 Å². The SMILES string of the molecule is CCCN(CC1CCNCC1)C(=O)c1ccc(F)c(F)c1. The molecule has 1 saturated heterocycles. The predicted molar refractivity (Wildman–Crippen MR) is 78.1 cm³/mol. The van der Waals surface area contributed by atoms with Gasteiger partial charge in [0.05, 0.1) is 0 Å². The van der Waals surface area contributed by atoms with Crippen molar-refractivity contribution in [1.29, 1.82) is 0 Å². The van der Waals surface area contributed by atoms with E-state index in [9.17, 15) is 13.6 Å². The smallest absolute Gasteiger partial charge is 0.253 e. The molecule has 0 spiro atoms. The number of amides is 1. The van der Waals surface area contributed by atoms with Gasteiger partial charge in [0.2, 0.25) is 0 Å². The molecular weight excluding hydrogens is 274 g/mol. The van der Waals surface area contributed by atoms with E-state index in [1.165, 1.54) is 6.07 Å². The van der Waals surface area contributed by atoms with Gasteiger partial charge < -0.3 is 10.2 Å². The van der Waals surface area contributed by atoms with Crippen molar-refractivity contribution in [1.82, 2.24) is 10.2 Å². The maximum atomic E-state index is 13.3. The first-order valence-corrected chi connectivity index (χ1v) is 7.57. The molecule has 0 aliphatic carbocycles. The van der Waals surface area contributed by atoms with Crippen LogP contribution in [0.1, 0.15) is 36.5 Å². The van der Waals surface area contributed by atoms with Gasteiger partial charge in [-0.1, -0.05) is 6.92 Å². The summed E-state index contributed by atoms with van der Waals surface area (Å²) in [5.41, 5.74) is 0.219. The average molecular weight is 296 g/mol. The molecule has 0 bridgehead atoms. The molecule has 1 aliphatic heterocycles. The van der Waals surface area contributed by atoms with Crippen molar-refractivity contribution in [3.8, 4) is 0 Å². The fraction of sp³-hybridized carbons (Fsp3) is 0.562. The van der Waals surface area contributed by atoms with E-state index >= 15 is 0 Å². The third-order valence-corrected chi connectivity index (χ3v) is 3.88. The lowest BCUT2D eigenvalue weighted by Crippen LogP contribution is -2.39. The van der Waals surface area contributed by atoms with Crippen molar-refractivity contribution in [3.05, 3.63) is 35.4 Å². The third-order valence-electron chi connectivity index (χ3n) is 3.88. The lowest BCUT2D eigenvalue weighted by molar-refractivity contribution is 0.0716. The number of nitrogens with zero attached hydrogens (tertiary/aromatic N) is 1. The van der Waals surface area contributed by atoms with Crippen LogP contribution in [-0.2, 0) is 0 Å². The second kappa shape index (κ2) is 7.50. The number of halogens is 2. The van der Waals surface area contributed by atoms with Gasteiger partial charge in [-0.15, -0.1) is 0 Å². The number of nitrogens with one attached hydrogen (secondary N) is 1. The Bertz CT molecular complexity index is 487. The minimum absolute atomic E-state index is 0.214. The van der Waals surface area contributed by atoms with Gasteiger partial charge in [0, 0.05) is 18.7 Å². The molecule has 1 N–H and O–H groups in total. The summed E-state index contributed by atoms with van der Waals surface area (Å²) in [6, 6.07) is 3.35. The Hall–Kier alpha value is -1.49. The Balaban J connectivity index is 2.08. The van der Waals surface area contributed by atoms with Crippen molar-refractivity contribution in [3.63, 3.8) is 0 Å². The van der Waals surface area contributed by atoms with Crippen LogP contribution in [0.3, 0.4) is 0 Å². The quantitative estimate of drug-likeness (QED) is 0.906. The van der Waals surface area contributed by atoms with Gasteiger partial charge in [-0.25, -0.2) is 8.78 Å². The van der Waals surface area contributed by atoms with Gasteiger partial charge in [0.15, 0.2) is 11.6 Å². The van der Waals surface area contributed by atoms with Crippen molar-refractivity contribution in [2.24, 2.45) is 5.92 Å². The van der Waals surface area contributed by atoms with Gasteiger partial charge in [0.25, 0.3) is 5.91 Å². The largest absolute Gasteiger partial charge is 0.338 e. The molecular formula is C16H22F2N2O. The number of carbonyl (C=O) groups excluding carboxylic acids is 1. The van der Waals surface area contributed by atoms with Gasteiger partial charge >= 0.3 is 0 Å². The monoisotopic (exact) mass is 296 g/mol. The normalized spacial score (nSPS) is 16.0. The highest BCUT2D eigenvalue weighted by Crippen LogP contribution is 2.17. The van der Waals surface area contributed by atoms with Gasteiger partial charge in [-0.05, 0) is 56.5 Å². The van der Waals surface area contributed by atoms with Crippen molar-refractivity contribution in [2.45, 2.75) is 26.2 Å². The number of benzene rings is 1. The van der Waals surface area contributed by atoms with Gasteiger partial charge in [-0.2, -0.15) is 0 Å². The molecule has 21 heavy (non-hydrogen) atoms. The first-order valence-electron chi connectivity index (χ1n) is 7.57. The van der Waals surface area contributed by atoms with Crippen LogP contribution in [-0.4, -0.2) is 37.0 Å². The molecule has 0 atom stereocenters. The summed E-state index contributed by atoms with van der Waals surface area (Å²) in [5.74, 6) is -1.63. The van der Waals surface area contributed by atoms with E-state index in [0.29, 0.717) is 19.0 Å².